The molecular weight excluding hydrogens is 563 g/mol. The first-order chi connectivity index (χ1) is 21.2. The van der Waals surface area contributed by atoms with E-state index in [2.05, 4.69) is 20.9 Å². The Hall–Kier alpha value is -4.86. The number of nitriles is 1. The van der Waals surface area contributed by atoms with Gasteiger partial charge in [0.15, 0.2) is 5.65 Å². The van der Waals surface area contributed by atoms with Crippen LogP contribution in [0.25, 0.3) is 22.3 Å². The number of benzene rings is 2. The van der Waals surface area contributed by atoms with E-state index in [-0.39, 0.29) is 28.9 Å². The van der Waals surface area contributed by atoms with Gasteiger partial charge >= 0.3 is 0 Å². The molecular formula is C32H33FN8O3. The molecule has 0 unspecified atom stereocenters. The van der Waals surface area contributed by atoms with Gasteiger partial charge in [0.25, 0.3) is 5.91 Å². The number of hydrogen-bond acceptors (Lipinski definition) is 9. The van der Waals surface area contributed by atoms with Crippen molar-refractivity contribution in [2.75, 3.05) is 38.6 Å². The van der Waals surface area contributed by atoms with E-state index in [4.69, 9.17) is 20.3 Å². The number of anilines is 1. The molecule has 0 spiro atoms. The van der Waals surface area contributed by atoms with Crippen molar-refractivity contribution in [1.29, 1.82) is 5.26 Å². The Labute approximate surface area is 254 Å². The number of halogens is 1. The Balaban J connectivity index is 1.25. The number of ether oxygens (including phenoxy) is 2. The summed E-state index contributed by atoms with van der Waals surface area (Å²) in [5, 5.41) is 15.1. The molecule has 6 rings (SSSR count). The number of carbonyl (C=O) groups is 1. The molecule has 0 aliphatic carbocycles. The zero-order valence-electron chi connectivity index (χ0n) is 24.6. The predicted molar refractivity (Wildman–Crippen MR) is 162 cm³/mol. The van der Waals surface area contributed by atoms with Crippen LogP contribution in [0.5, 0.6) is 11.5 Å². The van der Waals surface area contributed by atoms with Crippen LogP contribution >= 0.6 is 0 Å². The number of aromatic nitrogens is 4. The van der Waals surface area contributed by atoms with Gasteiger partial charge in [-0.05, 0) is 50.6 Å². The molecule has 226 valence electrons. The molecule has 2 N–H and O–H groups in total. The highest BCUT2D eigenvalue weighted by molar-refractivity contribution is 5.99. The third kappa shape index (κ3) is 5.71. The van der Waals surface area contributed by atoms with Crippen molar-refractivity contribution < 1.29 is 18.7 Å². The quantitative estimate of drug-likeness (QED) is 0.235. The number of nitrogen functional groups attached to an aromatic ring is 1. The molecule has 0 radical (unpaired) electrons. The number of nitrogens with zero attached hydrogens (tertiary/aromatic N) is 7. The number of carbonyl (C=O) groups excluding carboxylic acids is 1. The van der Waals surface area contributed by atoms with Crippen LogP contribution in [-0.2, 0) is 16.1 Å². The van der Waals surface area contributed by atoms with E-state index in [1.807, 2.05) is 32.0 Å². The van der Waals surface area contributed by atoms with Gasteiger partial charge in [0.2, 0.25) is 0 Å². The lowest BCUT2D eigenvalue weighted by molar-refractivity contribution is -0.134. The first-order valence-corrected chi connectivity index (χ1v) is 14.5. The molecule has 1 amide bonds. The molecule has 4 heterocycles. The molecule has 2 fully saturated rings. The normalized spacial score (nSPS) is 17.7. The summed E-state index contributed by atoms with van der Waals surface area (Å²) in [5.74, 6) is 0.232. The van der Waals surface area contributed by atoms with Crippen molar-refractivity contribution >= 4 is 22.8 Å². The van der Waals surface area contributed by atoms with Gasteiger partial charge in [-0.2, -0.15) is 10.4 Å². The molecule has 44 heavy (non-hydrogen) atoms. The Morgan fingerprint density at radius 2 is 1.93 bits per heavy atom. The minimum atomic E-state index is -0.541. The van der Waals surface area contributed by atoms with Crippen molar-refractivity contribution in [3.8, 4) is 28.8 Å². The molecule has 2 aliphatic heterocycles. The van der Waals surface area contributed by atoms with Crippen LogP contribution in [-0.4, -0.2) is 79.9 Å². The highest BCUT2D eigenvalue weighted by atomic mass is 19.1. The zero-order valence-corrected chi connectivity index (χ0v) is 24.6. The molecule has 2 aromatic carbocycles. The standard InChI is InChI=1S/C32H33FN8O3/c1-32(2,39-12-14-43-15-13-39)17-21(18-34)31(42)40-11-10-22(40)19-41-30-27(29(35)36-20-37-30)28(38-41)25-9-8-24(16-26(25)33)44-23-6-4-3-5-7-23/h3-9,16-17,20,22H,10-15,19H2,1-2H3,(H2,35,36,37)/t22-/m0/s1. The lowest BCUT2D eigenvalue weighted by Crippen LogP contribution is -2.54. The summed E-state index contributed by atoms with van der Waals surface area (Å²) < 4.78 is 28.4. The number of nitrogens with two attached hydrogens (primary N) is 1. The predicted octanol–water partition coefficient (Wildman–Crippen LogP) is 4.17. The van der Waals surface area contributed by atoms with Gasteiger partial charge in [-0.3, -0.25) is 9.69 Å². The van der Waals surface area contributed by atoms with Crippen molar-refractivity contribution in [2.45, 2.75) is 38.4 Å². The maximum atomic E-state index is 15.5. The van der Waals surface area contributed by atoms with Crippen LogP contribution < -0.4 is 10.5 Å². The number of morpholine rings is 1. The highest BCUT2D eigenvalue weighted by Crippen LogP contribution is 2.35. The van der Waals surface area contributed by atoms with E-state index in [0.29, 0.717) is 61.0 Å². The van der Waals surface area contributed by atoms with Crippen LogP contribution in [0, 0.1) is 17.1 Å². The Bertz CT molecular complexity index is 1760. The van der Waals surface area contributed by atoms with Gasteiger partial charge in [0.05, 0.1) is 31.2 Å². The number of rotatable bonds is 8. The average molecular weight is 597 g/mol. The number of para-hydroxylation sites is 1. The second-order valence-corrected chi connectivity index (χ2v) is 11.4. The summed E-state index contributed by atoms with van der Waals surface area (Å²) in [7, 11) is 0. The van der Waals surface area contributed by atoms with Gasteiger partial charge < -0.3 is 20.1 Å². The molecule has 0 bridgehead atoms. The summed E-state index contributed by atoms with van der Waals surface area (Å²) in [5.41, 5.74) is 6.81. The smallest absolute Gasteiger partial charge is 0.264 e. The fraction of sp³-hybridized carbons (Fsp3) is 0.344. The number of fused-ring (bicyclic) bond motifs is 1. The van der Waals surface area contributed by atoms with E-state index < -0.39 is 11.4 Å². The van der Waals surface area contributed by atoms with Crippen LogP contribution in [0.4, 0.5) is 10.2 Å². The minimum Gasteiger partial charge on any atom is -0.457 e. The van der Waals surface area contributed by atoms with Crippen LogP contribution in [0.3, 0.4) is 0 Å². The summed E-state index contributed by atoms with van der Waals surface area (Å²) in [6, 6.07) is 15.6. The highest BCUT2D eigenvalue weighted by Gasteiger charge is 2.37. The third-order valence-electron chi connectivity index (χ3n) is 8.20. The van der Waals surface area contributed by atoms with E-state index >= 15 is 4.39 Å². The maximum Gasteiger partial charge on any atom is 0.264 e. The second-order valence-electron chi connectivity index (χ2n) is 11.4. The largest absolute Gasteiger partial charge is 0.457 e. The van der Waals surface area contributed by atoms with E-state index in [1.54, 1.807) is 39.9 Å². The molecule has 11 nitrogen and oxygen atoms in total. The number of likely N-dealkylation sites (tertiary alicyclic amines) is 1. The third-order valence-corrected chi connectivity index (χ3v) is 8.20. The molecule has 2 saturated heterocycles. The van der Waals surface area contributed by atoms with Gasteiger partial charge in [0.1, 0.15) is 46.8 Å². The molecule has 12 heteroatoms. The molecule has 2 aliphatic rings. The molecule has 1 atom stereocenters. The van der Waals surface area contributed by atoms with E-state index in [0.717, 1.165) is 13.1 Å². The summed E-state index contributed by atoms with van der Waals surface area (Å²) >= 11 is 0. The lowest BCUT2D eigenvalue weighted by atomic mass is 9.96. The monoisotopic (exact) mass is 596 g/mol. The number of amides is 1. The van der Waals surface area contributed by atoms with Gasteiger partial charge in [-0.15, -0.1) is 0 Å². The Kier molecular flexibility index (Phi) is 7.99. The first-order valence-electron chi connectivity index (χ1n) is 14.5. The van der Waals surface area contributed by atoms with Crippen molar-refractivity contribution in [3.05, 3.63) is 72.3 Å². The van der Waals surface area contributed by atoms with Gasteiger partial charge in [0, 0.05) is 36.8 Å². The second kappa shape index (κ2) is 12.0. The topological polar surface area (TPSA) is 135 Å². The summed E-state index contributed by atoms with van der Waals surface area (Å²) in [6.07, 6.45) is 3.80. The summed E-state index contributed by atoms with van der Waals surface area (Å²) in [6.45, 7) is 7.49. The van der Waals surface area contributed by atoms with Crippen LogP contribution in [0.1, 0.15) is 20.3 Å². The molecule has 4 aromatic rings. The zero-order chi connectivity index (χ0) is 30.8. The fourth-order valence-electron chi connectivity index (χ4n) is 5.70. The van der Waals surface area contributed by atoms with Gasteiger partial charge in [-0.25, -0.2) is 19.0 Å². The van der Waals surface area contributed by atoms with E-state index in [9.17, 15) is 10.1 Å². The minimum absolute atomic E-state index is 0.101. The Morgan fingerprint density at radius 1 is 1.16 bits per heavy atom. The van der Waals surface area contributed by atoms with Crippen molar-refractivity contribution in [2.24, 2.45) is 0 Å². The van der Waals surface area contributed by atoms with Crippen LogP contribution in [0.2, 0.25) is 0 Å². The van der Waals surface area contributed by atoms with Crippen molar-refractivity contribution in [3.63, 3.8) is 0 Å². The fourth-order valence-corrected chi connectivity index (χ4v) is 5.70. The van der Waals surface area contributed by atoms with Gasteiger partial charge in [-0.1, -0.05) is 18.2 Å². The molecule has 2 aromatic heterocycles. The number of hydrogen-bond donors (Lipinski definition) is 1. The average Bonchev–Trinajstić information content (AvgIpc) is 3.38. The van der Waals surface area contributed by atoms with Crippen molar-refractivity contribution in [1.82, 2.24) is 29.5 Å². The SMILES string of the molecule is CC(C)(C=C(C#N)C(=O)N1CC[C@H]1Cn1nc(-c2ccc(Oc3ccccc3)cc2F)c2c(N)ncnc21)N1CCOCC1. The van der Waals surface area contributed by atoms with Crippen LogP contribution in [0.15, 0.2) is 66.5 Å². The first kappa shape index (κ1) is 29.2. The lowest BCUT2D eigenvalue weighted by Gasteiger charge is -2.42. The molecule has 0 saturated carbocycles. The maximum absolute atomic E-state index is 15.5. The summed E-state index contributed by atoms with van der Waals surface area (Å²) in [4.78, 5) is 25.9. The Morgan fingerprint density at radius 3 is 2.61 bits per heavy atom. The van der Waals surface area contributed by atoms with E-state index in [1.165, 1.54) is 12.4 Å².